The summed E-state index contributed by atoms with van der Waals surface area (Å²) in [5, 5.41) is 10.7. The van der Waals surface area contributed by atoms with Crippen LogP contribution in [-0.4, -0.2) is 43.2 Å². The standard InChI is InChI=1S/C21H29N5O2S/c1-14-15(2)29-19(25-14)9-10-23-21(22-3)24-13-16-6-4-7-17(12-16)26-20(27)18-8-5-11-28-18/h4,6-7,12,18H,5,8-11,13H2,1-3H3,(H,26,27)(H2,22,23,24). The van der Waals surface area contributed by atoms with Crippen molar-refractivity contribution >= 4 is 28.9 Å². The van der Waals surface area contributed by atoms with Gasteiger partial charge in [0.1, 0.15) is 6.10 Å². The molecule has 1 aromatic heterocycles. The van der Waals surface area contributed by atoms with Crippen molar-refractivity contribution in [1.82, 2.24) is 15.6 Å². The first-order valence-electron chi connectivity index (χ1n) is 9.94. The van der Waals surface area contributed by atoms with Gasteiger partial charge in [0.2, 0.25) is 0 Å². The Labute approximate surface area is 176 Å². The van der Waals surface area contributed by atoms with E-state index in [0.717, 1.165) is 53.7 Å². The van der Waals surface area contributed by atoms with Gasteiger partial charge in [0.15, 0.2) is 5.96 Å². The van der Waals surface area contributed by atoms with E-state index in [-0.39, 0.29) is 12.0 Å². The zero-order valence-corrected chi connectivity index (χ0v) is 18.1. The molecule has 0 radical (unpaired) electrons. The van der Waals surface area contributed by atoms with Crippen LogP contribution in [0.15, 0.2) is 29.3 Å². The predicted molar refractivity (Wildman–Crippen MR) is 118 cm³/mol. The summed E-state index contributed by atoms with van der Waals surface area (Å²) in [5.74, 6) is 0.668. The van der Waals surface area contributed by atoms with E-state index in [4.69, 9.17) is 4.74 Å². The van der Waals surface area contributed by atoms with Gasteiger partial charge in [-0.2, -0.15) is 0 Å². The third-order valence-electron chi connectivity index (χ3n) is 4.80. The molecule has 29 heavy (non-hydrogen) atoms. The number of thiazole rings is 1. The first-order valence-corrected chi connectivity index (χ1v) is 10.8. The first-order chi connectivity index (χ1) is 14.0. The van der Waals surface area contributed by atoms with Crippen LogP contribution in [0.25, 0.3) is 0 Å². The molecular weight excluding hydrogens is 386 g/mol. The fourth-order valence-electron chi connectivity index (χ4n) is 3.11. The van der Waals surface area contributed by atoms with Crippen molar-refractivity contribution < 1.29 is 9.53 Å². The van der Waals surface area contributed by atoms with Gasteiger partial charge in [0.25, 0.3) is 5.91 Å². The number of carbonyl (C=O) groups excluding carboxylic acids is 1. The van der Waals surface area contributed by atoms with E-state index >= 15 is 0 Å². The summed E-state index contributed by atoms with van der Waals surface area (Å²) < 4.78 is 5.44. The van der Waals surface area contributed by atoms with Crippen LogP contribution in [0, 0.1) is 13.8 Å². The minimum Gasteiger partial charge on any atom is -0.368 e. The van der Waals surface area contributed by atoms with Gasteiger partial charge in [-0.3, -0.25) is 9.79 Å². The highest BCUT2D eigenvalue weighted by Gasteiger charge is 2.23. The van der Waals surface area contributed by atoms with Gasteiger partial charge in [-0.15, -0.1) is 11.3 Å². The molecule has 1 amide bonds. The fraction of sp³-hybridized carbons (Fsp3) is 0.476. The Kier molecular flexibility index (Phi) is 7.60. The van der Waals surface area contributed by atoms with Gasteiger partial charge in [-0.1, -0.05) is 12.1 Å². The fourth-order valence-corrected chi connectivity index (χ4v) is 4.04. The number of hydrogen-bond acceptors (Lipinski definition) is 5. The van der Waals surface area contributed by atoms with Crippen molar-refractivity contribution in [2.45, 2.75) is 45.8 Å². The van der Waals surface area contributed by atoms with Crippen LogP contribution in [0.1, 0.15) is 34.0 Å². The van der Waals surface area contributed by atoms with E-state index in [1.165, 1.54) is 4.88 Å². The smallest absolute Gasteiger partial charge is 0.253 e. The van der Waals surface area contributed by atoms with Crippen LogP contribution in [0.5, 0.6) is 0 Å². The van der Waals surface area contributed by atoms with Crippen LogP contribution in [0.4, 0.5) is 5.69 Å². The normalized spacial score (nSPS) is 16.7. The molecule has 1 aliphatic heterocycles. The van der Waals surface area contributed by atoms with E-state index in [2.05, 4.69) is 32.9 Å². The number of rotatable bonds is 7. The van der Waals surface area contributed by atoms with Gasteiger partial charge in [0, 0.05) is 43.7 Å². The maximum absolute atomic E-state index is 12.2. The van der Waals surface area contributed by atoms with Crippen molar-refractivity contribution in [3.05, 3.63) is 45.4 Å². The van der Waals surface area contributed by atoms with Gasteiger partial charge in [0.05, 0.1) is 10.7 Å². The molecule has 1 fully saturated rings. The zero-order chi connectivity index (χ0) is 20.6. The quantitative estimate of drug-likeness (QED) is 0.478. The van der Waals surface area contributed by atoms with Crippen LogP contribution < -0.4 is 16.0 Å². The van der Waals surface area contributed by atoms with E-state index in [9.17, 15) is 4.79 Å². The third-order valence-corrected chi connectivity index (χ3v) is 5.94. The molecule has 2 heterocycles. The number of amides is 1. The second-order valence-corrected chi connectivity index (χ2v) is 8.33. The number of carbonyl (C=O) groups is 1. The molecule has 1 aliphatic rings. The molecule has 8 heteroatoms. The Morgan fingerprint density at radius 3 is 2.90 bits per heavy atom. The highest BCUT2D eigenvalue weighted by molar-refractivity contribution is 7.11. The molecule has 1 atom stereocenters. The van der Waals surface area contributed by atoms with Gasteiger partial charge >= 0.3 is 0 Å². The van der Waals surface area contributed by atoms with E-state index in [0.29, 0.717) is 13.2 Å². The lowest BCUT2D eigenvalue weighted by Gasteiger charge is -2.13. The monoisotopic (exact) mass is 415 g/mol. The molecule has 0 spiro atoms. The van der Waals surface area contributed by atoms with Crippen LogP contribution in [0.2, 0.25) is 0 Å². The van der Waals surface area contributed by atoms with Crippen molar-refractivity contribution in [3.63, 3.8) is 0 Å². The average Bonchev–Trinajstić information content (AvgIpc) is 3.35. The Balaban J connectivity index is 1.45. The number of benzene rings is 1. The molecule has 1 aromatic carbocycles. The molecule has 3 rings (SSSR count). The second-order valence-electron chi connectivity index (χ2n) is 7.04. The number of nitrogens with zero attached hydrogens (tertiary/aromatic N) is 2. The molecule has 2 aromatic rings. The summed E-state index contributed by atoms with van der Waals surface area (Å²) in [4.78, 5) is 22.3. The maximum Gasteiger partial charge on any atom is 0.253 e. The lowest BCUT2D eigenvalue weighted by Crippen LogP contribution is -2.37. The summed E-state index contributed by atoms with van der Waals surface area (Å²) in [7, 11) is 1.76. The lowest BCUT2D eigenvalue weighted by atomic mass is 10.2. The molecule has 1 unspecified atom stereocenters. The Morgan fingerprint density at radius 2 is 2.21 bits per heavy atom. The SMILES string of the molecule is CN=C(NCCc1nc(C)c(C)s1)NCc1cccc(NC(=O)C2CCCO2)c1. The summed E-state index contributed by atoms with van der Waals surface area (Å²) in [6, 6.07) is 7.81. The molecule has 7 nitrogen and oxygen atoms in total. The highest BCUT2D eigenvalue weighted by atomic mass is 32.1. The highest BCUT2D eigenvalue weighted by Crippen LogP contribution is 2.17. The number of aliphatic imine (C=N–C) groups is 1. The second kappa shape index (κ2) is 10.4. The first kappa shape index (κ1) is 21.3. The lowest BCUT2D eigenvalue weighted by molar-refractivity contribution is -0.124. The van der Waals surface area contributed by atoms with Crippen molar-refractivity contribution in [1.29, 1.82) is 0 Å². The summed E-state index contributed by atoms with van der Waals surface area (Å²) in [6.45, 7) is 6.18. The van der Waals surface area contributed by atoms with Gasteiger partial charge in [-0.05, 0) is 44.4 Å². The number of aryl methyl sites for hydroxylation is 2. The Hall–Kier alpha value is -2.45. The number of hydrogen-bond donors (Lipinski definition) is 3. The third kappa shape index (κ3) is 6.27. The minimum atomic E-state index is -0.329. The van der Waals surface area contributed by atoms with Crippen LogP contribution in [-0.2, 0) is 22.5 Å². The summed E-state index contributed by atoms with van der Waals surface area (Å²) in [5.41, 5.74) is 2.95. The average molecular weight is 416 g/mol. The number of aromatic nitrogens is 1. The van der Waals surface area contributed by atoms with Crippen molar-refractivity contribution in [2.24, 2.45) is 4.99 Å². The number of ether oxygens (including phenoxy) is 1. The molecule has 0 bridgehead atoms. The summed E-state index contributed by atoms with van der Waals surface area (Å²) in [6.07, 6.45) is 2.26. The Morgan fingerprint density at radius 1 is 1.34 bits per heavy atom. The largest absolute Gasteiger partial charge is 0.368 e. The van der Waals surface area contributed by atoms with Crippen LogP contribution in [0.3, 0.4) is 0 Å². The van der Waals surface area contributed by atoms with E-state index in [1.807, 2.05) is 31.2 Å². The maximum atomic E-state index is 12.2. The Bertz CT molecular complexity index is 839. The minimum absolute atomic E-state index is 0.0715. The summed E-state index contributed by atoms with van der Waals surface area (Å²) >= 11 is 1.74. The van der Waals surface area contributed by atoms with E-state index < -0.39 is 0 Å². The molecule has 0 aliphatic carbocycles. The number of nitrogens with one attached hydrogen (secondary N) is 3. The molecule has 156 valence electrons. The van der Waals surface area contributed by atoms with Crippen LogP contribution >= 0.6 is 11.3 Å². The number of guanidine groups is 1. The van der Waals surface area contributed by atoms with Crippen molar-refractivity contribution in [3.8, 4) is 0 Å². The molecular formula is C21H29N5O2S. The van der Waals surface area contributed by atoms with E-state index in [1.54, 1.807) is 18.4 Å². The van der Waals surface area contributed by atoms with Gasteiger partial charge in [-0.25, -0.2) is 4.98 Å². The van der Waals surface area contributed by atoms with Crippen molar-refractivity contribution in [2.75, 3.05) is 25.5 Å². The zero-order valence-electron chi connectivity index (χ0n) is 17.2. The number of anilines is 1. The predicted octanol–water partition coefficient (Wildman–Crippen LogP) is 2.79. The molecule has 0 saturated carbocycles. The molecule has 3 N–H and O–H groups in total. The molecule has 1 saturated heterocycles. The topological polar surface area (TPSA) is 87.6 Å². The van der Waals surface area contributed by atoms with Gasteiger partial charge < -0.3 is 20.7 Å².